The zero-order chi connectivity index (χ0) is 110. The number of aromatic nitrogens is 2. The largest absolute Gasteiger partial charge is 1.00 e. The van der Waals surface area contributed by atoms with Crippen molar-refractivity contribution in [3.05, 3.63) is 138 Å². The second kappa shape index (κ2) is 75.8. The van der Waals surface area contributed by atoms with Gasteiger partial charge in [-0.25, -0.2) is 50.0 Å². The van der Waals surface area contributed by atoms with E-state index in [2.05, 4.69) is 31.0 Å². The van der Waals surface area contributed by atoms with Gasteiger partial charge in [-0.3, -0.25) is 81.6 Å². The predicted octanol–water partition coefficient (Wildman–Crippen LogP) is 6.60. The van der Waals surface area contributed by atoms with E-state index in [0.29, 0.717) is 106 Å². The maximum Gasteiger partial charge on any atom is 1.00 e. The third-order valence-electron chi connectivity index (χ3n) is 20.0. The molecule has 3 atom stereocenters. The predicted molar refractivity (Wildman–Crippen MR) is 519 cm³/mol. The molecule has 4 aliphatic rings. The van der Waals surface area contributed by atoms with Crippen molar-refractivity contribution in [3.8, 4) is 5.75 Å². The number of allylic oxidation sites excluding steroid dienone is 1. The van der Waals surface area contributed by atoms with Crippen molar-refractivity contribution in [1.82, 2.24) is 25.0 Å². The molecule has 4 aromatic rings. The van der Waals surface area contributed by atoms with Crippen LogP contribution in [0.1, 0.15) is 221 Å². The number of pyridine rings is 2. The maximum atomic E-state index is 13.6. The number of alkyl halides is 4. The van der Waals surface area contributed by atoms with Gasteiger partial charge in [0.05, 0.1) is 76.2 Å². The number of Topliss-reactive ketones (excluding diaryl/α,β-unsaturated/α-hetero) is 5. The molecular weight excluding hydrogens is 2260 g/mol. The molecule has 3 unspecified atom stereocenters. The molecule has 0 radical (unpaired) electrons. The van der Waals surface area contributed by atoms with Crippen molar-refractivity contribution in [2.75, 3.05) is 75.3 Å². The Bertz CT molecular complexity index is 5390. The third-order valence-corrected chi connectivity index (χ3v) is 27.5. The number of carbonyl (C=O) groups excluding carboxylic acids is 19. The van der Waals surface area contributed by atoms with Gasteiger partial charge in [-0.2, -0.15) is 22.0 Å². The molecule has 40 nitrogen and oxygen atoms in total. The average molecular weight is 2370 g/mol. The Balaban J connectivity index is 0.000000639. The van der Waals surface area contributed by atoms with E-state index in [-0.39, 0.29) is 246 Å². The molecule has 6 heterocycles. The number of hydrogen-bond donors (Lipinski definition) is 0. The quantitative estimate of drug-likeness (QED) is 0.00356. The molecule has 0 aliphatic carbocycles. The molecule has 0 N–H and O–H groups in total. The number of halogens is 8. The smallest absolute Gasteiger partial charge is 0.747 e. The molecule has 816 valence electrons. The minimum Gasteiger partial charge on any atom is -0.747 e. The summed E-state index contributed by atoms with van der Waals surface area (Å²) in [6.45, 7) is 5.67. The van der Waals surface area contributed by atoms with E-state index in [1.807, 2.05) is 89.3 Å². The number of hydrogen-bond acceptors (Lipinski definition) is 41. The molecule has 0 saturated carbocycles. The molecule has 150 heavy (non-hydrogen) atoms. The average Bonchev–Trinajstić information content (AvgIpc) is 1.09. The summed E-state index contributed by atoms with van der Waals surface area (Å²) < 4.78 is 195. The topological polar surface area (TPSA) is 570 Å². The Morgan fingerprint density at radius 2 is 0.893 bits per heavy atom. The third kappa shape index (κ3) is 59.0. The number of imide groups is 3. The Labute approximate surface area is 933 Å². The summed E-state index contributed by atoms with van der Waals surface area (Å²) in [6, 6.07) is 18.8. The summed E-state index contributed by atoms with van der Waals surface area (Å²) in [5, 5.41) is -2.45. The Kier molecular flexibility index (Phi) is 69.4. The van der Waals surface area contributed by atoms with E-state index < -0.39 is 181 Å². The van der Waals surface area contributed by atoms with Gasteiger partial charge in [0, 0.05) is 144 Å². The van der Waals surface area contributed by atoms with Gasteiger partial charge in [-0.05, 0) is 148 Å². The number of benzene rings is 2. The molecule has 3 fully saturated rings. The number of hydroxylamine groups is 4. The second-order valence-electron chi connectivity index (χ2n) is 31.9. The molecule has 56 heteroatoms. The molecule has 2 aromatic carbocycles. The zero-order valence-electron chi connectivity index (χ0n) is 82.2. The van der Waals surface area contributed by atoms with Crippen molar-refractivity contribution in [2.24, 2.45) is 0 Å². The summed E-state index contributed by atoms with van der Waals surface area (Å²) in [5.74, 6) is -18.4. The maximum absolute atomic E-state index is 13.6. The first-order chi connectivity index (χ1) is 70.2. The zero-order valence-corrected chi connectivity index (χ0v) is 93.3. The summed E-state index contributed by atoms with van der Waals surface area (Å²) in [4.78, 5) is 239. The van der Waals surface area contributed by atoms with Gasteiger partial charge in [0.1, 0.15) is 70.5 Å². The van der Waals surface area contributed by atoms with Crippen LogP contribution in [-0.4, -0.2) is 261 Å². The van der Waals surface area contributed by atoms with Crippen molar-refractivity contribution >= 4 is 198 Å². The van der Waals surface area contributed by atoms with E-state index in [9.17, 15) is 148 Å². The van der Waals surface area contributed by atoms with Crippen LogP contribution >= 0.6 is 65.8 Å². The van der Waals surface area contributed by atoms with Gasteiger partial charge in [0.15, 0.2) is 23.5 Å². The van der Waals surface area contributed by atoms with Gasteiger partial charge in [-0.15, -0.1) is 16.7 Å². The number of ketones is 5. The van der Waals surface area contributed by atoms with Gasteiger partial charge >= 0.3 is 113 Å². The van der Waals surface area contributed by atoms with Crippen LogP contribution in [0.25, 0.3) is 0 Å². The van der Waals surface area contributed by atoms with Gasteiger partial charge < -0.3 is 56.7 Å². The van der Waals surface area contributed by atoms with Crippen molar-refractivity contribution in [2.45, 2.75) is 245 Å². The number of carbonyl (C=O) groups is 19. The van der Waals surface area contributed by atoms with Crippen LogP contribution in [0.2, 0.25) is 0 Å². The first-order valence-corrected chi connectivity index (χ1v) is 55.3. The van der Waals surface area contributed by atoms with Crippen molar-refractivity contribution in [1.29, 1.82) is 0 Å². The molecule has 8 rings (SSSR count). The molecule has 4 aliphatic heterocycles. The van der Waals surface area contributed by atoms with Crippen molar-refractivity contribution < 1.29 is 254 Å². The minimum atomic E-state index is -5.04. The Hall–Kier alpha value is -8.87. The molecular formula is C94H111F7IN5Na2O35S6. The van der Waals surface area contributed by atoms with Crippen LogP contribution in [-0.2, 0) is 156 Å². The number of ether oxygens (including phenoxy) is 8. The normalized spacial score (nSPS) is 14.3. The first kappa shape index (κ1) is 137. The van der Waals surface area contributed by atoms with E-state index in [0.717, 1.165) is 39.4 Å². The molecule has 6 amide bonds. The van der Waals surface area contributed by atoms with Crippen LogP contribution < -0.4 is 63.9 Å². The number of nitrogens with zero attached hydrogens (tertiary/aromatic N) is 5. The standard InChI is InChI=1S/C22H28N2O10S3.C20H24N2O10S3.C18H19F4IO5.C17H22F3NO6.C17H20O4.2Na/c25-16(11-14-35-36-18-8-3-5-12-23-18)7-4-6-13-33-20(27)9-1-2-10-21(28)34-24-19(26)15-17(22(24)29)37(30,31)32;23-14(8-9-18(25)31-11-12-33-34-16-6-3-4-10-21-16)5-1-2-7-19(26)32-22-17(24)13-15(20(22)27)35(28,29)30;1-10-14(19)16(21)18(17(22)15(10)20)28-13(26)7-4-6-12(25)27-8-3-2-5-11(24)9-23;18-17(19,20)8-12-26-10-1-3-13(22)4-7-16(25)27-11-2-9-21-14(23)5-6-15(21)24;1-2-5-13-7-9-14(10-8-13)15(18)6-3-4-11-20-17(19)16-12-21-16;;/h3,5,8,12,17H,1-2,4,6-7,9-11,13-15H2,(H,30,31,32);3-4,6,10,15H,1-2,5,7-9,11-13H2,(H,28,29,30);2-9H2,1H3;5-6H,1-4,7-12H2;2,7-10,16H,1,3-6,11-12H2;;/q;;;;;2*+1/p-2. The van der Waals surface area contributed by atoms with E-state index in [1.54, 1.807) is 23.2 Å². The summed E-state index contributed by atoms with van der Waals surface area (Å²) in [7, 11) is -4.02. The second-order valence-corrected chi connectivity index (χ2v) is 40.7. The molecule has 3 saturated heterocycles. The van der Waals surface area contributed by atoms with Crippen LogP contribution in [0, 0.1) is 30.2 Å². The number of amides is 6. The fourth-order valence-electron chi connectivity index (χ4n) is 12.1. The van der Waals surface area contributed by atoms with Crippen LogP contribution in [0.4, 0.5) is 30.7 Å². The summed E-state index contributed by atoms with van der Waals surface area (Å²) >= 11 is 1.97. The van der Waals surface area contributed by atoms with Crippen LogP contribution in [0.15, 0.2) is 108 Å². The minimum absolute atomic E-state index is 0. The molecule has 2 aromatic heterocycles. The van der Waals surface area contributed by atoms with Crippen LogP contribution in [0.3, 0.4) is 0 Å². The Morgan fingerprint density at radius 3 is 1.35 bits per heavy atom. The van der Waals surface area contributed by atoms with Gasteiger partial charge in [0.2, 0.25) is 17.4 Å². The summed E-state index contributed by atoms with van der Waals surface area (Å²) in [5.41, 5.74) is 1.01. The van der Waals surface area contributed by atoms with E-state index in [1.165, 1.54) is 44.5 Å². The van der Waals surface area contributed by atoms with E-state index >= 15 is 0 Å². The number of unbranched alkanes of at least 4 members (excludes halogenated alkanes) is 5. The molecule has 0 spiro atoms. The monoisotopic (exact) mass is 2370 g/mol. The SMILES string of the molecule is C=CCc1ccc(C(=O)CCCCOC(=O)C2CO2)cc1.Cc1c(F)c(F)c(OC(=O)CCCC(=O)OCCCCC(=O)CI)c(F)c1F.O=C(CCCCC(=O)ON1C(=O)CC(S(=O)(=O)[O-])C1=O)CCC(=O)OCCSSc1ccccn1.O=C(CCCCOC(=O)CCCCC(=O)ON1C(=O)CC(S(=O)(=O)[O-])C1=O)CCSSc1ccccn1.O=C(CCCOCCC(F)(F)F)CCC(=O)OCCCN1C(=O)C=CC1=O.[Na+].[Na+]. The van der Waals surface area contributed by atoms with Crippen molar-refractivity contribution in [3.63, 3.8) is 0 Å². The van der Waals surface area contributed by atoms with Crippen LogP contribution in [0.5, 0.6) is 5.75 Å². The number of esters is 6. The number of epoxide rings is 1. The van der Waals surface area contributed by atoms with Gasteiger partial charge in [0.25, 0.3) is 35.4 Å². The summed E-state index contributed by atoms with van der Waals surface area (Å²) in [6.07, 6.45) is 7.04. The Morgan fingerprint density at radius 1 is 0.480 bits per heavy atom. The van der Waals surface area contributed by atoms with E-state index in [4.69, 9.17) is 33.2 Å². The fraction of sp³-hybridized carbons (Fsp3) is 0.521. The van der Waals surface area contributed by atoms with Gasteiger partial charge in [-0.1, -0.05) is 86.7 Å². The molecule has 0 bridgehead atoms. The first-order valence-electron chi connectivity index (χ1n) is 46.2. The fourth-order valence-corrected chi connectivity index (χ4v) is 17.4. The number of rotatable bonds is 65.